The van der Waals surface area contributed by atoms with Gasteiger partial charge in [0.15, 0.2) is 0 Å². The minimum absolute atomic E-state index is 0.310. The molecule has 2 atom stereocenters. The zero-order valence-corrected chi connectivity index (χ0v) is 31.4. The largest absolute Gasteiger partial charge is 0.389 e. The minimum atomic E-state index is -0.619. The number of hydrogen-bond donors (Lipinski definition) is 5. The van der Waals surface area contributed by atoms with E-state index in [1.165, 1.54) is 116 Å². The second-order valence-corrected chi connectivity index (χ2v) is 13.8. The summed E-state index contributed by atoms with van der Waals surface area (Å²) in [7, 11) is 0. The van der Waals surface area contributed by atoms with E-state index in [2.05, 4.69) is 29.8 Å². The fraction of sp³-hybridized carbons (Fsp3) is 0.714. The van der Waals surface area contributed by atoms with Gasteiger partial charge in [-0.05, 0) is 43.2 Å². The Kier molecular flexibility index (Phi) is 26.7. The standard InChI is InChI=1S/C42H73N3O4/c1-3-5-7-9-11-13-15-17-19-24-30-48-35-39(46)33-43-41-29-28-38(45-37-26-22-21-23-27-37)32-42(41)44-34-40(47)36-49-31-25-20-18-16-14-12-10-8-6-4-2/h21-23,26-29,32,39-40,43-47H,3-20,24-25,30-31,33-36H2,1-2H3. The Bertz CT molecular complexity index is 1010. The van der Waals surface area contributed by atoms with E-state index in [0.717, 1.165) is 35.6 Å². The van der Waals surface area contributed by atoms with Crippen LogP contribution < -0.4 is 16.0 Å². The van der Waals surface area contributed by atoms with Gasteiger partial charge in [0.1, 0.15) is 0 Å². The number of aliphatic hydroxyl groups excluding tert-OH is 2. The number of nitrogens with one attached hydrogen (secondary N) is 3. The molecule has 7 nitrogen and oxygen atoms in total. The maximum absolute atomic E-state index is 10.6. The molecular weight excluding hydrogens is 610 g/mol. The summed E-state index contributed by atoms with van der Waals surface area (Å²) in [5.41, 5.74) is 3.66. The Balaban J connectivity index is 1.67. The molecule has 2 aromatic rings. The van der Waals surface area contributed by atoms with Gasteiger partial charge in [0.25, 0.3) is 0 Å². The first kappa shape index (κ1) is 42.8. The molecule has 0 heterocycles. The van der Waals surface area contributed by atoms with E-state index < -0.39 is 12.2 Å². The molecule has 0 saturated heterocycles. The van der Waals surface area contributed by atoms with E-state index in [1.54, 1.807) is 0 Å². The molecule has 0 bridgehead atoms. The predicted octanol–water partition coefficient (Wildman–Crippen LogP) is 10.9. The summed E-state index contributed by atoms with van der Waals surface area (Å²) in [5, 5.41) is 31.5. The molecule has 0 aliphatic carbocycles. The molecule has 2 aromatic carbocycles. The van der Waals surface area contributed by atoms with Crippen LogP contribution in [-0.2, 0) is 9.47 Å². The van der Waals surface area contributed by atoms with Gasteiger partial charge in [0, 0.05) is 37.7 Å². The lowest BCUT2D eigenvalue weighted by atomic mass is 10.1. The minimum Gasteiger partial charge on any atom is -0.389 e. The zero-order chi connectivity index (χ0) is 35.0. The van der Waals surface area contributed by atoms with Crippen molar-refractivity contribution >= 4 is 22.7 Å². The molecule has 0 fully saturated rings. The van der Waals surface area contributed by atoms with Gasteiger partial charge in [0.2, 0.25) is 0 Å². The zero-order valence-electron chi connectivity index (χ0n) is 31.4. The molecule has 49 heavy (non-hydrogen) atoms. The molecule has 0 aliphatic heterocycles. The van der Waals surface area contributed by atoms with Crippen LogP contribution in [0.1, 0.15) is 142 Å². The molecule has 280 valence electrons. The van der Waals surface area contributed by atoms with E-state index in [4.69, 9.17) is 9.47 Å². The van der Waals surface area contributed by atoms with E-state index in [1.807, 2.05) is 48.5 Å². The number of benzene rings is 2. The van der Waals surface area contributed by atoms with Crippen molar-refractivity contribution in [3.8, 4) is 0 Å². The Hall–Kier alpha value is -2.32. The van der Waals surface area contributed by atoms with E-state index >= 15 is 0 Å². The Morgan fingerprint density at radius 1 is 0.490 bits per heavy atom. The quantitative estimate of drug-likeness (QED) is 0.0469. The van der Waals surface area contributed by atoms with Crippen LogP contribution in [-0.4, -0.2) is 61.9 Å². The molecule has 0 amide bonds. The van der Waals surface area contributed by atoms with Gasteiger partial charge >= 0.3 is 0 Å². The van der Waals surface area contributed by atoms with Gasteiger partial charge in [-0.1, -0.05) is 148 Å². The van der Waals surface area contributed by atoms with Crippen LogP contribution in [0.25, 0.3) is 0 Å². The van der Waals surface area contributed by atoms with E-state index in [9.17, 15) is 10.2 Å². The second kappa shape index (κ2) is 30.5. The van der Waals surface area contributed by atoms with Crippen LogP contribution in [0.15, 0.2) is 48.5 Å². The Labute approximate surface area is 300 Å². The molecule has 2 unspecified atom stereocenters. The van der Waals surface area contributed by atoms with Crippen molar-refractivity contribution in [2.24, 2.45) is 0 Å². The van der Waals surface area contributed by atoms with Gasteiger partial charge in [0.05, 0.1) is 36.8 Å². The molecule has 5 N–H and O–H groups in total. The van der Waals surface area contributed by atoms with Crippen LogP contribution in [0.2, 0.25) is 0 Å². The summed E-state index contributed by atoms with van der Waals surface area (Å²) in [6.45, 7) is 7.28. The fourth-order valence-corrected chi connectivity index (χ4v) is 6.01. The molecule has 0 aliphatic rings. The highest BCUT2D eigenvalue weighted by atomic mass is 16.5. The smallest absolute Gasteiger partial charge is 0.0945 e. The SMILES string of the molecule is CCCCCCCCCCCCOCC(O)CNc1ccc(Nc2ccccc2)cc1NCC(O)COCCCCCCCCCCCC. The normalized spacial score (nSPS) is 12.6. The first-order valence-electron chi connectivity index (χ1n) is 20.1. The first-order valence-corrected chi connectivity index (χ1v) is 20.1. The summed E-state index contributed by atoms with van der Waals surface area (Å²) in [6.07, 6.45) is 24.7. The molecule has 0 spiro atoms. The van der Waals surface area contributed by atoms with E-state index in [-0.39, 0.29) is 0 Å². The number of ether oxygens (including phenoxy) is 2. The van der Waals surface area contributed by atoms with Crippen LogP contribution >= 0.6 is 0 Å². The lowest BCUT2D eigenvalue weighted by Crippen LogP contribution is -2.27. The number of aliphatic hydroxyl groups is 2. The molecule has 0 radical (unpaired) electrons. The average Bonchev–Trinajstić information content (AvgIpc) is 3.11. The van der Waals surface area contributed by atoms with Crippen LogP contribution in [0.4, 0.5) is 22.7 Å². The Morgan fingerprint density at radius 3 is 1.39 bits per heavy atom. The highest BCUT2D eigenvalue weighted by Crippen LogP contribution is 2.28. The van der Waals surface area contributed by atoms with Gasteiger partial charge in [-0.25, -0.2) is 0 Å². The van der Waals surface area contributed by atoms with Crippen molar-refractivity contribution in [2.45, 2.75) is 154 Å². The molecular formula is C42H73N3O4. The first-order chi connectivity index (χ1) is 24.1. The average molecular weight is 684 g/mol. The van der Waals surface area contributed by atoms with Gasteiger partial charge in [-0.2, -0.15) is 0 Å². The van der Waals surface area contributed by atoms with Crippen LogP contribution in [0.3, 0.4) is 0 Å². The fourth-order valence-electron chi connectivity index (χ4n) is 6.01. The lowest BCUT2D eigenvalue weighted by Gasteiger charge is -2.20. The number of unbranched alkanes of at least 4 members (excludes halogenated alkanes) is 18. The maximum Gasteiger partial charge on any atom is 0.0945 e. The number of rotatable bonds is 34. The third-order valence-corrected chi connectivity index (χ3v) is 9.04. The van der Waals surface area contributed by atoms with Crippen molar-refractivity contribution in [1.29, 1.82) is 0 Å². The van der Waals surface area contributed by atoms with Crippen molar-refractivity contribution in [2.75, 3.05) is 55.5 Å². The summed E-state index contributed by atoms with van der Waals surface area (Å²) in [5.74, 6) is 0. The summed E-state index contributed by atoms with van der Waals surface area (Å²) in [6, 6.07) is 16.1. The molecule has 0 aromatic heterocycles. The molecule has 2 rings (SSSR count). The number of hydrogen-bond acceptors (Lipinski definition) is 7. The van der Waals surface area contributed by atoms with Crippen molar-refractivity contribution < 1.29 is 19.7 Å². The van der Waals surface area contributed by atoms with Crippen molar-refractivity contribution in [3.05, 3.63) is 48.5 Å². The van der Waals surface area contributed by atoms with Gasteiger partial charge < -0.3 is 35.6 Å². The van der Waals surface area contributed by atoms with Gasteiger partial charge in [-0.3, -0.25) is 0 Å². The molecule has 7 heteroatoms. The number of para-hydroxylation sites is 1. The highest BCUT2D eigenvalue weighted by molar-refractivity contribution is 5.76. The maximum atomic E-state index is 10.6. The van der Waals surface area contributed by atoms with Crippen LogP contribution in [0.5, 0.6) is 0 Å². The lowest BCUT2D eigenvalue weighted by molar-refractivity contribution is 0.0414. The van der Waals surface area contributed by atoms with Crippen molar-refractivity contribution in [3.63, 3.8) is 0 Å². The second-order valence-electron chi connectivity index (χ2n) is 13.8. The predicted molar refractivity (Wildman–Crippen MR) is 210 cm³/mol. The van der Waals surface area contributed by atoms with E-state index in [0.29, 0.717) is 39.5 Å². The van der Waals surface area contributed by atoms with Gasteiger partial charge in [-0.15, -0.1) is 0 Å². The topological polar surface area (TPSA) is 95.0 Å². The number of anilines is 4. The van der Waals surface area contributed by atoms with Crippen molar-refractivity contribution in [1.82, 2.24) is 0 Å². The summed E-state index contributed by atoms with van der Waals surface area (Å²) in [4.78, 5) is 0. The third kappa shape index (κ3) is 23.7. The molecule has 0 saturated carbocycles. The summed E-state index contributed by atoms with van der Waals surface area (Å²) < 4.78 is 11.6. The highest BCUT2D eigenvalue weighted by Gasteiger charge is 2.11. The third-order valence-electron chi connectivity index (χ3n) is 9.04. The Morgan fingerprint density at radius 2 is 0.918 bits per heavy atom. The summed E-state index contributed by atoms with van der Waals surface area (Å²) >= 11 is 0. The van der Waals surface area contributed by atoms with Crippen LogP contribution in [0, 0.1) is 0 Å². The monoisotopic (exact) mass is 684 g/mol.